The number of fused-ring (bicyclic) bond motifs is 3. The molecule has 0 aromatic rings. The Balaban J connectivity index is 1.57. The summed E-state index contributed by atoms with van der Waals surface area (Å²) in [6, 6.07) is 0. The van der Waals surface area contributed by atoms with E-state index in [0.717, 1.165) is 37.0 Å². The van der Waals surface area contributed by atoms with Crippen LogP contribution in [0, 0.1) is 29.1 Å². The molecule has 0 aromatic carbocycles. The second-order valence-corrected chi connectivity index (χ2v) is 8.84. The van der Waals surface area contributed by atoms with Crippen molar-refractivity contribution in [2.45, 2.75) is 84.2 Å². The van der Waals surface area contributed by atoms with Gasteiger partial charge in [0.1, 0.15) is 6.10 Å². The van der Waals surface area contributed by atoms with Crippen molar-refractivity contribution in [1.82, 2.24) is 0 Å². The zero-order chi connectivity index (χ0) is 17.3. The molecule has 0 heterocycles. The summed E-state index contributed by atoms with van der Waals surface area (Å²) >= 11 is 0. The third-order valence-corrected chi connectivity index (χ3v) is 7.30. The molecule has 3 aliphatic rings. The number of rotatable bonds is 4. The molecule has 0 saturated heterocycles. The Morgan fingerprint density at radius 2 is 1.88 bits per heavy atom. The van der Waals surface area contributed by atoms with Crippen molar-refractivity contribution in [3.05, 3.63) is 0 Å². The van der Waals surface area contributed by atoms with Gasteiger partial charge in [0.05, 0.1) is 12.8 Å². The number of carboxylic acids is 1. The molecule has 136 valence electrons. The van der Waals surface area contributed by atoms with Crippen LogP contribution in [0.2, 0.25) is 0 Å². The monoisotopic (exact) mass is 336 g/mol. The minimum Gasteiger partial charge on any atom is -0.481 e. The summed E-state index contributed by atoms with van der Waals surface area (Å²) < 4.78 is 5.59. The second-order valence-electron chi connectivity index (χ2n) is 8.84. The largest absolute Gasteiger partial charge is 0.481 e. The smallest absolute Gasteiger partial charge is 0.306 e. The first-order chi connectivity index (χ1) is 11.4. The van der Waals surface area contributed by atoms with E-state index in [0.29, 0.717) is 11.3 Å². The normalized spacial score (nSPS) is 41.8. The van der Waals surface area contributed by atoms with Gasteiger partial charge in [0.25, 0.3) is 0 Å². The lowest BCUT2D eigenvalue weighted by atomic mass is 9.49. The molecule has 3 aliphatic carbocycles. The fraction of sp³-hybridized carbons (Fsp3) is 0.900. The van der Waals surface area contributed by atoms with E-state index in [-0.39, 0.29) is 24.9 Å². The van der Waals surface area contributed by atoms with Crippen molar-refractivity contribution in [2.24, 2.45) is 29.1 Å². The van der Waals surface area contributed by atoms with E-state index in [1.807, 2.05) is 0 Å². The highest BCUT2D eigenvalue weighted by Crippen LogP contribution is 2.59. The molecule has 0 amide bonds. The van der Waals surface area contributed by atoms with Gasteiger partial charge in [-0.05, 0) is 74.0 Å². The minimum absolute atomic E-state index is 0.00318. The molecule has 1 N–H and O–H groups in total. The van der Waals surface area contributed by atoms with Gasteiger partial charge in [0.15, 0.2) is 0 Å². The molecular weight excluding hydrogens is 304 g/mol. The van der Waals surface area contributed by atoms with Gasteiger partial charge in [0, 0.05) is 0 Å². The summed E-state index contributed by atoms with van der Waals surface area (Å²) in [7, 11) is 0. The van der Waals surface area contributed by atoms with Gasteiger partial charge < -0.3 is 9.84 Å². The minimum atomic E-state index is -0.937. The maximum Gasteiger partial charge on any atom is 0.306 e. The predicted octanol–water partition coefficient (Wildman–Crippen LogP) is 4.42. The van der Waals surface area contributed by atoms with Crippen LogP contribution in [0.3, 0.4) is 0 Å². The molecule has 4 heteroatoms. The van der Waals surface area contributed by atoms with E-state index >= 15 is 0 Å². The van der Waals surface area contributed by atoms with Gasteiger partial charge in [0.2, 0.25) is 0 Å². The molecule has 0 aromatic heterocycles. The summed E-state index contributed by atoms with van der Waals surface area (Å²) in [4.78, 5) is 22.4. The lowest BCUT2D eigenvalue weighted by molar-refractivity contribution is -0.160. The number of carboxylic acid groups (broad SMARTS) is 1. The van der Waals surface area contributed by atoms with E-state index in [1.165, 1.54) is 32.1 Å². The SMILES string of the molecule is C[C@@H]1CC[C@H]2[C@@H](CC[C@@H]3C[C@H](OC(=O)CCC(=O)O)CC[C@@]32C)C1. The number of hydrogen-bond donors (Lipinski definition) is 1. The zero-order valence-electron chi connectivity index (χ0n) is 15.1. The molecule has 0 radical (unpaired) electrons. The van der Waals surface area contributed by atoms with Crippen LogP contribution in [0.5, 0.6) is 0 Å². The predicted molar refractivity (Wildman–Crippen MR) is 91.4 cm³/mol. The van der Waals surface area contributed by atoms with Crippen LogP contribution in [0.4, 0.5) is 0 Å². The summed E-state index contributed by atoms with van der Waals surface area (Å²) in [5.41, 5.74) is 0.424. The Hall–Kier alpha value is -1.06. The van der Waals surface area contributed by atoms with Crippen molar-refractivity contribution in [3.63, 3.8) is 0 Å². The maximum atomic E-state index is 11.8. The third-order valence-electron chi connectivity index (χ3n) is 7.30. The highest BCUT2D eigenvalue weighted by molar-refractivity contribution is 5.76. The summed E-state index contributed by atoms with van der Waals surface area (Å²) in [6.45, 7) is 4.89. The van der Waals surface area contributed by atoms with Crippen LogP contribution < -0.4 is 0 Å². The Morgan fingerprint density at radius 1 is 1.08 bits per heavy atom. The highest BCUT2D eigenvalue weighted by atomic mass is 16.5. The van der Waals surface area contributed by atoms with Crippen molar-refractivity contribution in [3.8, 4) is 0 Å². The second kappa shape index (κ2) is 7.05. The van der Waals surface area contributed by atoms with Gasteiger partial charge in [-0.15, -0.1) is 0 Å². The average Bonchev–Trinajstić information content (AvgIpc) is 2.53. The number of ether oxygens (including phenoxy) is 1. The molecule has 0 spiro atoms. The topological polar surface area (TPSA) is 63.6 Å². The Bertz CT molecular complexity index is 488. The maximum absolute atomic E-state index is 11.8. The first-order valence-corrected chi connectivity index (χ1v) is 9.79. The van der Waals surface area contributed by atoms with Crippen LogP contribution in [0.15, 0.2) is 0 Å². The molecule has 4 nitrogen and oxygen atoms in total. The summed E-state index contributed by atoms with van der Waals surface area (Å²) in [5.74, 6) is 2.04. The molecule has 3 rings (SSSR count). The van der Waals surface area contributed by atoms with Crippen molar-refractivity contribution in [2.75, 3.05) is 0 Å². The van der Waals surface area contributed by atoms with Gasteiger partial charge in [-0.1, -0.05) is 20.3 Å². The molecule has 0 unspecified atom stereocenters. The molecule has 0 aliphatic heterocycles. The number of carbonyl (C=O) groups is 2. The molecule has 0 bridgehead atoms. The van der Waals surface area contributed by atoms with Gasteiger partial charge >= 0.3 is 11.9 Å². The van der Waals surface area contributed by atoms with Crippen LogP contribution in [-0.4, -0.2) is 23.1 Å². The molecule has 3 saturated carbocycles. The fourth-order valence-electron chi connectivity index (χ4n) is 5.98. The molecule has 6 atom stereocenters. The summed E-state index contributed by atoms with van der Waals surface area (Å²) in [5, 5.41) is 8.68. The third kappa shape index (κ3) is 3.62. The van der Waals surface area contributed by atoms with Crippen molar-refractivity contribution < 1.29 is 19.4 Å². The zero-order valence-corrected chi connectivity index (χ0v) is 15.1. The van der Waals surface area contributed by atoms with Gasteiger partial charge in [-0.25, -0.2) is 0 Å². The van der Waals surface area contributed by atoms with Gasteiger partial charge in [-0.3, -0.25) is 9.59 Å². The number of hydrogen-bond acceptors (Lipinski definition) is 3. The van der Waals surface area contributed by atoms with E-state index in [9.17, 15) is 9.59 Å². The Kier molecular flexibility index (Phi) is 5.22. The number of esters is 1. The number of carbonyl (C=O) groups excluding carboxylic acids is 1. The van der Waals surface area contributed by atoms with E-state index in [1.54, 1.807) is 0 Å². The highest BCUT2D eigenvalue weighted by Gasteiger charge is 2.51. The first kappa shape index (κ1) is 17.8. The Morgan fingerprint density at radius 3 is 2.62 bits per heavy atom. The quantitative estimate of drug-likeness (QED) is 0.772. The van der Waals surface area contributed by atoms with Crippen LogP contribution in [0.25, 0.3) is 0 Å². The van der Waals surface area contributed by atoms with E-state index in [2.05, 4.69) is 13.8 Å². The number of aliphatic carboxylic acids is 1. The lowest BCUT2D eigenvalue weighted by Crippen LogP contribution is -2.50. The van der Waals surface area contributed by atoms with Crippen LogP contribution in [0.1, 0.15) is 78.1 Å². The van der Waals surface area contributed by atoms with Gasteiger partial charge in [-0.2, -0.15) is 0 Å². The van der Waals surface area contributed by atoms with Crippen molar-refractivity contribution >= 4 is 11.9 Å². The van der Waals surface area contributed by atoms with E-state index in [4.69, 9.17) is 9.84 Å². The average molecular weight is 336 g/mol. The lowest BCUT2D eigenvalue weighted by Gasteiger charge is -2.57. The fourth-order valence-corrected chi connectivity index (χ4v) is 5.98. The first-order valence-electron chi connectivity index (χ1n) is 9.79. The summed E-state index contributed by atoms with van der Waals surface area (Å²) in [6.07, 6.45) is 9.72. The van der Waals surface area contributed by atoms with Crippen LogP contribution in [-0.2, 0) is 14.3 Å². The Labute approximate surface area is 145 Å². The standard InChI is InChI=1S/C20H32O4/c1-13-3-6-17-14(11-13)4-5-15-12-16(9-10-20(15,17)2)24-19(23)8-7-18(21)22/h13-17H,3-12H2,1-2H3,(H,21,22)/t13-,14+,15-,16-,17+,20+/m1/s1. The van der Waals surface area contributed by atoms with Crippen LogP contribution >= 0.6 is 0 Å². The van der Waals surface area contributed by atoms with Crippen molar-refractivity contribution in [1.29, 1.82) is 0 Å². The molecule has 3 fully saturated rings. The van der Waals surface area contributed by atoms with E-state index < -0.39 is 5.97 Å². The molecular formula is C20H32O4. The molecule has 24 heavy (non-hydrogen) atoms.